The number of aromatic nitrogens is 5. The van der Waals surface area contributed by atoms with E-state index in [0.717, 1.165) is 87.2 Å². The van der Waals surface area contributed by atoms with Crippen molar-refractivity contribution in [1.29, 1.82) is 0 Å². The van der Waals surface area contributed by atoms with Gasteiger partial charge in [0.2, 0.25) is 11.9 Å². The van der Waals surface area contributed by atoms with Gasteiger partial charge in [-0.3, -0.25) is 0 Å². The third kappa shape index (κ3) is 8.12. The molecule has 0 unspecified atom stereocenters. The summed E-state index contributed by atoms with van der Waals surface area (Å²) >= 11 is 0. The van der Waals surface area contributed by atoms with E-state index in [9.17, 15) is 5.11 Å². The molecular formula is C35H49N7O2. The van der Waals surface area contributed by atoms with Gasteiger partial charge in [-0.25, -0.2) is 19.5 Å². The molecule has 44 heavy (non-hydrogen) atoms. The van der Waals surface area contributed by atoms with E-state index in [1.807, 2.05) is 25.4 Å². The first-order valence-corrected chi connectivity index (χ1v) is 16.4. The largest absolute Gasteiger partial charge is 0.393 e. The van der Waals surface area contributed by atoms with Gasteiger partial charge in [0, 0.05) is 55.3 Å². The molecule has 3 heterocycles. The first-order valence-electron chi connectivity index (χ1n) is 16.4. The van der Waals surface area contributed by atoms with E-state index in [2.05, 4.69) is 73.9 Å². The molecule has 2 N–H and O–H groups in total. The Bertz CT molecular complexity index is 1460. The lowest BCUT2D eigenvalue weighted by molar-refractivity contribution is 0.121. The first kappa shape index (κ1) is 31.9. The minimum atomic E-state index is -0.191. The van der Waals surface area contributed by atoms with Crippen LogP contribution in [0.1, 0.15) is 88.1 Å². The predicted octanol–water partition coefficient (Wildman–Crippen LogP) is 6.59. The standard InChI is InChI=1S/C35H49N7O2/c1-5-20-41(35-36-19-18-25(2)39-35)21-8-6-7-9-27-10-12-28(13-11-27)31-22-32(29-14-16-30(43)17-15-29)42-33(31)23-37-34(40-42)38-26(3)24-44-4/h10-13,18-19,22-23,26,29-30,43H,5-9,14-17,20-21,24H2,1-4H3,(H,38,40)/t26-,29-,30-/m0/s1. The highest BCUT2D eigenvalue weighted by Crippen LogP contribution is 2.37. The van der Waals surface area contributed by atoms with Crippen LogP contribution in [-0.2, 0) is 11.2 Å². The Kier molecular flexibility index (Phi) is 11.2. The number of benzene rings is 1. The fraction of sp³-hybridized carbons (Fsp3) is 0.543. The summed E-state index contributed by atoms with van der Waals surface area (Å²) in [5.74, 6) is 1.81. The molecule has 0 aliphatic heterocycles. The smallest absolute Gasteiger partial charge is 0.241 e. The molecule has 1 atom stereocenters. The third-order valence-corrected chi connectivity index (χ3v) is 8.67. The minimum Gasteiger partial charge on any atom is -0.393 e. The molecule has 0 saturated heterocycles. The van der Waals surface area contributed by atoms with Crippen molar-refractivity contribution in [2.75, 3.05) is 37.0 Å². The van der Waals surface area contributed by atoms with Crippen LogP contribution in [0.5, 0.6) is 0 Å². The van der Waals surface area contributed by atoms with Crippen molar-refractivity contribution in [2.24, 2.45) is 0 Å². The van der Waals surface area contributed by atoms with Crippen LogP contribution in [0.4, 0.5) is 11.9 Å². The summed E-state index contributed by atoms with van der Waals surface area (Å²) in [6.45, 7) is 8.85. The number of unbranched alkanes of at least 4 members (excludes halogenated alkanes) is 2. The summed E-state index contributed by atoms with van der Waals surface area (Å²) in [6, 6.07) is 13.4. The van der Waals surface area contributed by atoms with Crippen LogP contribution in [0.25, 0.3) is 16.6 Å². The highest BCUT2D eigenvalue weighted by Gasteiger charge is 2.25. The Labute approximate surface area is 262 Å². The Morgan fingerprint density at radius 3 is 2.57 bits per heavy atom. The number of methoxy groups -OCH3 is 1. The zero-order valence-corrected chi connectivity index (χ0v) is 26.9. The van der Waals surface area contributed by atoms with Gasteiger partial charge in [0.05, 0.1) is 24.4 Å². The van der Waals surface area contributed by atoms with E-state index in [1.54, 1.807) is 7.11 Å². The number of nitrogens with one attached hydrogen (secondary N) is 1. The highest BCUT2D eigenvalue weighted by atomic mass is 16.5. The van der Waals surface area contributed by atoms with Gasteiger partial charge in [0.25, 0.3) is 0 Å². The molecule has 3 aromatic heterocycles. The zero-order valence-electron chi connectivity index (χ0n) is 26.9. The van der Waals surface area contributed by atoms with Crippen molar-refractivity contribution in [3.05, 3.63) is 65.7 Å². The summed E-state index contributed by atoms with van der Waals surface area (Å²) in [5.41, 5.74) is 6.92. The van der Waals surface area contributed by atoms with E-state index >= 15 is 0 Å². The zero-order chi connectivity index (χ0) is 30.9. The number of nitrogens with zero attached hydrogens (tertiary/aromatic N) is 6. The quantitative estimate of drug-likeness (QED) is 0.148. The second kappa shape index (κ2) is 15.4. The van der Waals surface area contributed by atoms with Gasteiger partial charge in [0.15, 0.2) is 0 Å². The molecule has 5 rings (SSSR count). The first-order chi connectivity index (χ1) is 21.4. The molecule has 4 aromatic rings. The van der Waals surface area contributed by atoms with E-state index < -0.39 is 0 Å². The summed E-state index contributed by atoms with van der Waals surface area (Å²) in [5, 5.41) is 18.4. The molecule has 1 saturated carbocycles. The Hall–Kier alpha value is -3.56. The number of aryl methyl sites for hydroxylation is 2. The average molecular weight is 600 g/mol. The van der Waals surface area contributed by atoms with Crippen molar-refractivity contribution >= 4 is 17.4 Å². The lowest BCUT2D eigenvalue weighted by Crippen LogP contribution is -2.27. The number of ether oxygens (including phenoxy) is 1. The van der Waals surface area contributed by atoms with Crippen LogP contribution >= 0.6 is 0 Å². The van der Waals surface area contributed by atoms with E-state index in [0.29, 0.717) is 18.5 Å². The molecule has 9 heteroatoms. The van der Waals surface area contributed by atoms with Gasteiger partial charge in [-0.05, 0) is 88.5 Å². The summed E-state index contributed by atoms with van der Waals surface area (Å²) < 4.78 is 7.36. The number of fused-ring (bicyclic) bond motifs is 1. The topological polar surface area (TPSA) is 101 Å². The van der Waals surface area contributed by atoms with Crippen LogP contribution in [0.2, 0.25) is 0 Å². The van der Waals surface area contributed by atoms with Crippen molar-refractivity contribution in [1.82, 2.24) is 24.6 Å². The van der Waals surface area contributed by atoms with Crippen LogP contribution in [0.15, 0.2) is 48.8 Å². The maximum atomic E-state index is 10.1. The Morgan fingerprint density at radius 1 is 1.05 bits per heavy atom. The van der Waals surface area contributed by atoms with E-state index in [-0.39, 0.29) is 12.1 Å². The van der Waals surface area contributed by atoms with Gasteiger partial charge < -0.3 is 20.1 Å². The molecule has 236 valence electrons. The number of hydrogen-bond donors (Lipinski definition) is 2. The number of rotatable bonds is 15. The molecule has 0 bridgehead atoms. The van der Waals surface area contributed by atoms with Crippen molar-refractivity contribution in [3.63, 3.8) is 0 Å². The third-order valence-electron chi connectivity index (χ3n) is 8.67. The van der Waals surface area contributed by atoms with Crippen LogP contribution < -0.4 is 10.2 Å². The predicted molar refractivity (Wildman–Crippen MR) is 177 cm³/mol. The van der Waals surface area contributed by atoms with Gasteiger partial charge in [-0.2, -0.15) is 0 Å². The normalized spacial score (nSPS) is 17.6. The van der Waals surface area contributed by atoms with Gasteiger partial charge in [0.1, 0.15) is 0 Å². The lowest BCUT2D eigenvalue weighted by atomic mass is 9.85. The monoisotopic (exact) mass is 599 g/mol. The molecule has 1 aliphatic carbocycles. The molecule has 0 amide bonds. The summed E-state index contributed by atoms with van der Waals surface area (Å²) in [7, 11) is 1.70. The number of aliphatic hydroxyl groups excluding tert-OH is 1. The Balaban J connectivity index is 1.24. The second-order valence-corrected chi connectivity index (χ2v) is 12.4. The Morgan fingerprint density at radius 2 is 1.84 bits per heavy atom. The molecule has 0 radical (unpaired) electrons. The molecule has 0 spiro atoms. The summed E-state index contributed by atoms with van der Waals surface area (Å²) in [6.07, 6.45) is 12.8. The van der Waals surface area contributed by atoms with E-state index in [4.69, 9.17) is 9.84 Å². The maximum Gasteiger partial charge on any atom is 0.241 e. The lowest BCUT2D eigenvalue weighted by Gasteiger charge is -2.25. The van der Waals surface area contributed by atoms with Crippen LogP contribution in [-0.4, -0.2) is 68.6 Å². The number of anilines is 2. The fourth-order valence-corrected chi connectivity index (χ4v) is 6.32. The average Bonchev–Trinajstić information content (AvgIpc) is 3.40. The minimum absolute atomic E-state index is 0.103. The fourth-order valence-electron chi connectivity index (χ4n) is 6.32. The van der Waals surface area contributed by atoms with Crippen molar-refractivity contribution in [3.8, 4) is 11.1 Å². The molecule has 1 aliphatic rings. The molecule has 1 aromatic carbocycles. The molecular weight excluding hydrogens is 550 g/mol. The molecule has 1 fully saturated rings. The van der Waals surface area contributed by atoms with Crippen LogP contribution in [0, 0.1) is 6.92 Å². The summed E-state index contributed by atoms with van der Waals surface area (Å²) in [4.78, 5) is 16.1. The van der Waals surface area contributed by atoms with Gasteiger partial charge in [-0.15, -0.1) is 5.10 Å². The number of hydrogen-bond acceptors (Lipinski definition) is 8. The van der Waals surface area contributed by atoms with Crippen molar-refractivity contribution in [2.45, 2.75) is 96.6 Å². The SMILES string of the molecule is CCCN(CCCCCc1ccc(-c2cc([C@H]3CC[C@H](O)CC3)n3nc(N[C@@H](C)COC)ncc23)cc1)c1nccc(C)n1. The number of aliphatic hydroxyl groups is 1. The van der Waals surface area contributed by atoms with E-state index in [1.165, 1.54) is 23.2 Å². The van der Waals surface area contributed by atoms with Gasteiger partial charge >= 0.3 is 0 Å². The highest BCUT2D eigenvalue weighted by molar-refractivity contribution is 5.81. The molecule has 9 nitrogen and oxygen atoms in total. The van der Waals surface area contributed by atoms with Crippen LogP contribution in [0.3, 0.4) is 0 Å². The maximum absolute atomic E-state index is 10.1. The van der Waals surface area contributed by atoms with Gasteiger partial charge in [-0.1, -0.05) is 37.6 Å². The second-order valence-electron chi connectivity index (χ2n) is 12.4. The van der Waals surface area contributed by atoms with Crippen molar-refractivity contribution < 1.29 is 9.84 Å².